The third-order valence-corrected chi connectivity index (χ3v) is 5.29. The van der Waals surface area contributed by atoms with E-state index in [-0.39, 0.29) is 11.2 Å². The van der Waals surface area contributed by atoms with Gasteiger partial charge in [-0.1, -0.05) is 6.07 Å². The zero-order valence-electron chi connectivity index (χ0n) is 16.9. The number of carbonyl (C=O) groups excluding carboxylic acids is 1. The van der Waals surface area contributed by atoms with Gasteiger partial charge in [-0.2, -0.15) is 4.98 Å². The molecule has 9 heteroatoms. The predicted molar refractivity (Wildman–Crippen MR) is 108 cm³/mol. The molecule has 4 aromatic rings. The normalized spacial score (nSPS) is 11.5. The molecule has 3 heterocycles. The summed E-state index contributed by atoms with van der Waals surface area (Å²) < 4.78 is 10.3. The van der Waals surface area contributed by atoms with E-state index < -0.39 is 23.8 Å². The van der Waals surface area contributed by atoms with Crippen LogP contribution >= 0.6 is 0 Å². The standard InChI is InChI=1S/C20H21N5O4/c1-11-6-7-14(8-12(11)2)25-13(3)9-23-16-17(21-19(23)25)22(4)20(28)24(18(16)27)10-15(26)29-5/h6-9H,10H2,1-5H3. The van der Waals surface area contributed by atoms with Crippen LogP contribution in [0.5, 0.6) is 0 Å². The number of hydrogen-bond acceptors (Lipinski definition) is 5. The lowest BCUT2D eigenvalue weighted by Crippen LogP contribution is -2.41. The summed E-state index contributed by atoms with van der Waals surface area (Å²) in [6.45, 7) is 5.54. The second kappa shape index (κ2) is 6.47. The van der Waals surface area contributed by atoms with E-state index in [2.05, 4.69) is 15.8 Å². The fourth-order valence-corrected chi connectivity index (χ4v) is 3.53. The first-order chi connectivity index (χ1) is 13.7. The zero-order chi connectivity index (χ0) is 21.0. The molecule has 29 heavy (non-hydrogen) atoms. The quantitative estimate of drug-likeness (QED) is 0.487. The number of aryl methyl sites for hydroxylation is 4. The first kappa shape index (κ1) is 18.7. The van der Waals surface area contributed by atoms with Crippen LogP contribution < -0.4 is 11.2 Å². The van der Waals surface area contributed by atoms with Gasteiger partial charge >= 0.3 is 11.7 Å². The molecule has 0 spiro atoms. The van der Waals surface area contributed by atoms with Crippen LogP contribution in [0, 0.1) is 20.8 Å². The van der Waals surface area contributed by atoms with E-state index in [4.69, 9.17) is 0 Å². The monoisotopic (exact) mass is 395 g/mol. The lowest BCUT2D eigenvalue weighted by atomic mass is 10.1. The highest BCUT2D eigenvalue weighted by molar-refractivity contribution is 5.77. The van der Waals surface area contributed by atoms with Gasteiger partial charge in [-0.3, -0.25) is 23.1 Å². The number of benzene rings is 1. The maximum absolute atomic E-state index is 13.1. The Balaban J connectivity index is 2.08. The van der Waals surface area contributed by atoms with Crippen LogP contribution in [-0.4, -0.2) is 36.2 Å². The van der Waals surface area contributed by atoms with E-state index in [0.717, 1.165) is 21.5 Å². The van der Waals surface area contributed by atoms with Gasteiger partial charge in [0, 0.05) is 24.6 Å². The molecule has 150 valence electrons. The first-order valence-corrected chi connectivity index (χ1v) is 9.09. The Labute approximate surface area is 165 Å². The summed E-state index contributed by atoms with van der Waals surface area (Å²) in [5.41, 5.74) is 3.39. The van der Waals surface area contributed by atoms with Crippen molar-refractivity contribution < 1.29 is 9.53 Å². The molecule has 9 nitrogen and oxygen atoms in total. The molecule has 0 bridgehead atoms. The molecule has 3 aromatic heterocycles. The molecule has 0 N–H and O–H groups in total. The summed E-state index contributed by atoms with van der Waals surface area (Å²) in [5.74, 6) is -0.156. The van der Waals surface area contributed by atoms with Gasteiger partial charge in [-0.05, 0) is 44.0 Å². The Bertz CT molecular complexity index is 1420. The highest BCUT2D eigenvalue weighted by Crippen LogP contribution is 2.22. The van der Waals surface area contributed by atoms with Crippen molar-refractivity contribution in [2.75, 3.05) is 7.11 Å². The van der Waals surface area contributed by atoms with Gasteiger partial charge < -0.3 is 4.74 Å². The molecular formula is C20H21N5O4. The van der Waals surface area contributed by atoms with Crippen molar-refractivity contribution in [1.29, 1.82) is 0 Å². The number of rotatable bonds is 3. The minimum absolute atomic E-state index is 0.233. The van der Waals surface area contributed by atoms with Gasteiger partial charge in [0.25, 0.3) is 5.56 Å². The van der Waals surface area contributed by atoms with Gasteiger partial charge in [-0.15, -0.1) is 0 Å². The average molecular weight is 395 g/mol. The summed E-state index contributed by atoms with van der Waals surface area (Å²) in [6, 6.07) is 6.07. The summed E-state index contributed by atoms with van der Waals surface area (Å²) >= 11 is 0. The molecule has 0 aliphatic carbocycles. The summed E-state index contributed by atoms with van der Waals surface area (Å²) in [6.07, 6.45) is 1.80. The van der Waals surface area contributed by atoms with Crippen molar-refractivity contribution in [3.63, 3.8) is 0 Å². The molecule has 0 amide bonds. The topological polar surface area (TPSA) is 92.5 Å². The van der Waals surface area contributed by atoms with Gasteiger partial charge in [0.15, 0.2) is 11.2 Å². The molecule has 0 unspecified atom stereocenters. The molecule has 0 radical (unpaired) electrons. The Kier molecular flexibility index (Phi) is 4.18. The Hall–Kier alpha value is -3.62. The molecule has 0 fully saturated rings. The van der Waals surface area contributed by atoms with Crippen LogP contribution in [0.15, 0.2) is 34.0 Å². The molecular weight excluding hydrogens is 374 g/mol. The predicted octanol–water partition coefficient (Wildman–Crippen LogP) is 1.24. The smallest absolute Gasteiger partial charge is 0.333 e. The molecule has 1 aromatic carbocycles. The lowest BCUT2D eigenvalue weighted by Gasteiger charge is -2.08. The SMILES string of the molecule is COC(=O)Cn1c(=O)c2c(nc3n(-c4ccc(C)c(C)c4)c(C)cn23)n(C)c1=O. The second-order valence-electron chi connectivity index (χ2n) is 7.14. The number of fused-ring (bicyclic) bond motifs is 3. The van der Waals surface area contributed by atoms with Crippen LogP contribution in [0.4, 0.5) is 0 Å². The van der Waals surface area contributed by atoms with Crippen LogP contribution in [-0.2, 0) is 23.1 Å². The van der Waals surface area contributed by atoms with E-state index in [9.17, 15) is 14.4 Å². The number of ether oxygens (including phenoxy) is 1. The molecule has 0 saturated carbocycles. The van der Waals surface area contributed by atoms with Crippen LogP contribution in [0.3, 0.4) is 0 Å². The third kappa shape index (κ3) is 2.69. The van der Waals surface area contributed by atoms with Crippen molar-refractivity contribution in [3.05, 3.63) is 62.1 Å². The lowest BCUT2D eigenvalue weighted by molar-refractivity contribution is -0.141. The number of imidazole rings is 2. The average Bonchev–Trinajstić information content (AvgIpc) is 3.20. The minimum atomic E-state index is -0.673. The largest absolute Gasteiger partial charge is 0.468 e. The summed E-state index contributed by atoms with van der Waals surface area (Å²) in [5, 5.41) is 0. The maximum Gasteiger partial charge on any atom is 0.333 e. The Morgan fingerprint density at radius 3 is 2.52 bits per heavy atom. The molecule has 0 aliphatic heterocycles. The Morgan fingerprint density at radius 1 is 1.14 bits per heavy atom. The van der Waals surface area contributed by atoms with Gasteiger partial charge in [0.1, 0.15) is 6.54 Å². The fraction of sp³-hybridized carbons (Fsp3) is 0.300. The molecule has 0 saturated heterocycles. The van der Waals surface area contributed by atoms with E-state index in [1.807, 2.05) is 37.5 Å². The molecule has 4 rings (SSSR count). The first-order valence-electron chi connectivity index (χ1n) is 9.09. The van der Waals surface area contributed by atoms with Gasteiger partial charge in [0.2, 0.25) is 5.78 Å². The Morgan fingerprint density at radius 2 is 1.86 bits per heavy atom. The van der Waals surface area contributed by atoms with Crippen molar-refractivity contribution in [3.8, 4) is 5.69 Å². The third-order valence-electron chi connectivity index (χ3n) is 5.29. The van der Waals surface area contributed by atoms with E-state index in [1.54, 1.807) is 10.6 Å². The van der Waals surface area contributed by atoms with E-state index >= 15 is 0 Å². The fourth-order valence-electron chi connectivity index (χ4n) is 3.53. The van der Waals surface area contributed by atoms with Crippen LogP contribution in [0.25, 0.3) is 22.6 Å². The van der Waals surface area contributed by atoms with Gasteiger partial charge in [0.05, 0.1) is 7.11 Å². The van der Waals surface area contributed by atoms with Gasteiger partial charge in [-0.25, -0.2) is 9.36 Å². The van der Waals surface area contributed by atoms with Crippen LogP contribution in [0.1, 0.15) is 16.8 Å². The number of hydrogen-bond donors (Lipinski definition) is 0. The van der Waals surface area contributed by atoms with Crippen molar-refractivity contribution in [1.82, 2.24) is 23.1 Å². The number of esters is 1. The second-order valence-corrected chi connectivity index (χ2v) is 7.14. The van der Waals surface area contributed by atoms with E-state index in [1.165, 1.54) is 24.3 Å². The maximum atomic E-state index is 13.1. The molecule has 0 atom stereocenters. The number of methoxy groups -OCH3 is 1. The summed E-state index contributed by atoms with van der Waals surface area (Å²) in [4.78, 5) is 41.9. The number of nitrogens with zero attached hydrogens (tertiary/aromatic N) is 5. The highest BCUT2D eigenvalue weighted by atomic mass is 16.5. The molecule has 0 aliphatic rings. The number of aromatic nitrogens is 5. The van der Waals surface area contributed by atoms with Crippen molar-refractivity contribution in [2.24, 2.45) is 7.05 Å². The zero-order valence-corrected chi connectivity index (χ0v) is 16.9. The summed E-state index contributed by atoms with van der Waals surface area (Å²) in [7, 11) is 2.73. The van der Waals surface area contributed by atoms with Crippen molar-refractivity contribution in [2.45, 2.75) is 27.3 Å². The minimum Gasteiger partial charge on any atom is -0.468 e. The number of carbonyl (C=O) groups is 1. The van der Waals surface area contributed by atoms with E-state index in [0.29, 0.717) is 5.78 Å². The van der Waals surface area contributed by atoms with Crippen LogP contribution in [0.2, 0.25) is 0 Å². The van der Waals surface area contributed by atoms with Crippen molar-refractivity contribution >= 4 is 22.9 Å². The highest BCUT2D eigenvalue weighted by Gasteiger charge is 2.22.